The van der Waals surface area contributed by atoms with Crippen LogP contribution >= 0.6 is 27.5 Å². The Morgan fingerprint density at radius 2 is 2.12 bits per heavy atom. The monoisotopic (exact) mass is 314 g/mol. The van der Waals surface area contributed by atoms with Crippen LogP contribution in [0.4, 0.5) is 0 Å². The van der Waals surface area contributed by atoms with Gasteiger partial charge in [-0.2, -0.15) is 0 Å². The van der Waals surface area contributed by atoms with Crippen molar-refractivity contribution < 1.29 is 9.15 Å². The fourth-order valence-electron chi connectivity index (χ4n) is 1.70. The molecule has 0 spiro atoms. The summed E-state index contributed by atoms with van der Waals surface area (Å²) in [7, 11) is 1.66. The summed E-state index contributed by atoms with van der Waals surface area (Å²) < 4.78 is 11.2. The number of hydrogen-bond donors (Lipinski definition) is 0. The molecule has 0 aliphatic heterocycles. The van der Waals surface area contributed by atoms with Gasteiger partial charge in [0.2, 0.25) is 0 Å². The third kappa shape index (κ3) is 2.85. The minimum absolute atomic E-state index is 0.139. The van der Waals surface area contributed by atoms with Crippen LogP contribution in [0, 0.1) is 0 Å². The zero-order valence-corrected chi connectivity index (χ0v) is 11.7. The molecule has 0 amide bonds. The van der Waals surface area contributed by atoms with E-state index in [-0.39, 0.29) is 5.38 Å². The summed E-state index contributed by atoms with van der Waals surface area (Å²) in [4.78, 5) is 0. The van der Waals surface area contributed by atoms with Crippen molar-refractivity contribution in [2.75, 3.05) is 7.11 Å². The van der Waals surface area contributed by atoms with E-state index in [9.17, 15) is 0 Å². The second-order valence-corrected chi connectivity index (χ2v) is 4.88. The van der Waals surface area contributed by atoms with Gasteiger partial charge in [0, 0.05) is 5.56 Å². The van der Waals surface area contributed by atoms with Crippen LogP contribution < -0.4 is 4.74 Å². The fourth-order valence-corrected chi connectivity index (χ4v) is 2.69. The van der Waals surface area contributed by atoms with Crippen molar-refractivity contribution in [3.63, 3.8) is 0 Å². The Bertz CT molecular complexity index is 496. The van der Waals surface area contributed by atoms with E-state index in [1.807, 2.05) is 30.3 Å². The maximum Gasteiger partial charge on any atom is 0.173 e. The van der Waals surface area contributed by atoms with Gasteiger partial charge in [-0.25, -0.2) is 0 Å². The Balaban J connectivity index is 2.18. The molecule has 2 rings (SSSR count). The smallest absolute Gasteiger partial charge is 0.173 e. The lowest BCUT2D eigenvalue weighted by atomic mass is 10.1. The van der Waals surface area contributed by atoms with Crippen molar-refractivity contribution in [3.8, 4) is 5.75 Å². The van der Waals surface area contributed by atoms with Gasteiger partial charge in [-0.3, -0.25) is 0 Å². The molecule has 1 aromatic heterocycles. The third-order valence-corrected chi connectivity index (χ3v) is 3.61. The van der Waals surface area contributed by atoms with E-state index < -0.39 is 0 Å². The summed E-state index contributed by atoms with van der Waals surface area (Å²) in [5.74, 6) is 0.859. The number of ether oxygens (including phenoxy) is 1. The van der Waals surface area contributed by atoms with Crippen LogP contribution in [-0.2, 0) is 6.42 Å². The van der Waals surface area contributed by atoms with Crippen LogP contribution in [0.25, 0.3) is 0 Å². The van der Waals surface area contributed by atoms with E-state index >= 15 is 0 Å². The molecule has 2 nitrogen and oxygen atoms in total. The highest BCUT2D eigenvalue weighted by Crippen LogP contribution is 2.33. The minimum Gasteiger partial charge on any atom is -0.496 e. The molecule has 0 saturated heterocycles. The largest absolute Gasteiger partial charge is 0.496 e. The maximum atomic E-state index is 6.37. The summed E-state index contributed by atoms with van der Waals surface area (Å²) in [6, 6.07) is 9.74. The summed E-state index contributed by atoms with van der Waals surface area (Å²) in [5.41, 5.74) is 2.04. The number of benzene rings is 1. The van der Waals surface area contributed by atoms with Gasteiger partial charge in [0.15, 0.2) is 4.67 Å². The molecule has 1 unspecified atom stereocenters. The SMILES string of the molecule is COc1ccccc1CC(Cl)c1ccoc1Br. The molecule has 0 saturated carbocycles. The Labute approximate surface area is 114 Å². The van der Waals surface area contributed by atoms with Gasteiger partial charge < -0.3 is 9.15 Å². The molecule has 4 heteroatoms. The number of halogens is 2. The fraction of sp³-hybridized carbons (Fsp3) is 0.231. The molecule has 1 atom stereocenters. The first-order valence-electron chi connectivity index (χ1n) is 5.21. The second kappa shape index (κ2) is 5.61. The van der Waals surface area contributed by atoms with Gasteiger partial charge in [0.1, 0.15) is 5.75 Å². The topological polar surface area (TPSA) is 22.4 Å². The number of methoxy groups -OCH3 is 1. The molecule has 0 radical (unpaired) electrons. The molecular formula is C13H12BrClO2. The van der Waals surface area contributed by atoms with Crippen molar-refractivity contribution in [2.24, 2.45) is 0 Å². The Morgan fingerprint density at radius 1 is 1.35 bits per heavy atom. The molecule has 0 fully saturated rings. The van der Waals surface area contributed by atoms with Crippen LogP contribution in [0.5, 0.6) is 5.75 Å². The highest BCUT2D eigenvalue weighted by Gasteiger charge is 2.16. The molecule has 0 aliphatic carbocycles. The lowest BCUT2D eigenvalue weighted by Gasteiger charge is -2.11. The predicted octanol–water partition coefficient (Wildman–Crippen LogP) is 4.57. The van der Waals surface area contributed by atoms with Gasteiger partial charge in [-0.05, 0) is 40.0 Å². The standard InChI is InChI=1S/C13H12BrClO2/c1-16-12-5-3-2-4-9(12)8-11(15)10-6-7-17-13(10)14/h2-7,11H,8H2,1H3. The Hall–Kier alpha value is -0.930. The second-order valence-electron chi connectivity index (χ2n) is 3.63. The van der Waals surface area contributed by atoms with Crippen LogP contribution in [0.3, 0.4) is 0 Å². The summed E-state index contributed by atoms with van der Waals surface area (Å²) >= 11 is 9.70. The molecule has 0 aliphatic rings. The summed E-state index contributed by atoms with van der Waals surface area (Å²) in [6.45, 7) is 0. The van der Waals surface area contributed by atoms with Crippen molar-refractivity contribution >= 4 is 27.5 Å². The van der Waals surface area contributed by atoms with Crippen LogP contribution in [-0.4, -0.2) is 7.11 Å². The number of rotatable bonds is 4. The summed E-state index contributed by atoms with van der Waals surface area (Å²) in [5, 5.41) is -0.139. The van der Waals surface area contributed by atoms with E-state index in [1.54, 1.807) is 13.4 Å². The van der Waals surface area contributed by atoms with E-state index in [0.717, 1.165) is 16.9 Å². The Morgan fingerprint density at radius 3 is 2.76 bits per heavy atom. The zero-order chi connectivity index (χ0) is 12.3. The first-order chi connectivity index (χ1) is 8.22. The highest BCUT2D eigenvalue weighted by molar-refractivity contribution is 9.10. The highest BCUT2D eigenvalue weighted by atomic mass is 79.9. The van der Waals surface area contributed by atoms with Crippen LogP contribution in [0.1, 0.15) is 16.5 Å². The van der Waals surface area contributed by atoms with E-state index in [1.165, 1.54) is 0 Å². The molecule has 0 bridgehead atoms. The lowest BCUT2D eigenvalue weighted by Crippen LogP contribution is -1.98. The quantitative estimate of drug-likeness (QED) is 0.771. The van der Waals surface area contributed by atoms with E-state index in [0.29, 0.717) is 11.1 Å². The van der Waals surface area contributed by atoms with Gasteiger partial charge in [0.25, 0.3) is 0 Å². The lowest BCUT2D eigenvalue weighted by molar-refractivity contribution is 0.409. The molecule has 1 heterocycles. The first kappa shape index (κ1) is 12.5. The molecule has 90 valence electrons. The van der Waals surface area contributed by atoms with Crippen LogP contribution in [0.2, 0.25) is 0 Å². The number of hydrogen-bond acceptors (Lipinski definition) is 2. The molecule has 2 aromatic rings. The van der Waals surface area contributed by atoms with Crippen LogP contribution in [0.15, 0.2) is 45.7 Å². The van der Waals surface area contributed by atoms with E-state index in [4.69, 9.17) is 20.8 Å². The average molecular weight is 316 g/mol. The summed E-state index contributed by atoms with van der Waals surface area (Å²) in [6.07, 6.45) is 2.32. The van der Waals surface area contributed by atoms with E-state index in [2.05, 4.69) is 15.9 Å². The molecule has 1 aromatic carbocycles. The maximum absolute atomic E-state index is 6.37. The predicted molar refractivity (Wildman–Crippen MR) is 71.7 cm³/mol. The first-order valence-corrected chi connectivity index (χ1v) is 6.44. The van der Waals surface area contributed by atoms with Crippen molar-refractivity contribution in [3.05, 3.63) is 52.4 Å². The normalized spacial score (nSPS) is 12.4. The average Bonchev–Trinajstić information content (AvgIpc) is 2.76. The van der Waals surface area contributed by atoms with Gasteiger partial charge in [-0.15, -0.1) is 11.6 Å². The van der Waals surface area contributed by atoms with Crippen molar-refractivity contribution in [1.29, 1.82) is 0 Å². The molecular weight excluding hydrogens is 303 g/mol. The van der Waals surface area contributed by atoms with Crippen molar-refractivity contribution in [2.45, 2.75) is 11.8 Å². The number of furan rings is 1. The minimum atomic E-state index is -0.139. The zero-order valence-electron chi connectivity index (χ0n) is 9.32. The van der Waals surface area contributed by atoms with Gasteiger partial charge in [-0.1, -0.05) is 18.2 Å². The molecule has 0 N–H and O–H groups in total. The molecule has 17 heavy (non-hydrogen) atoms. The Kier molecular flexibility index (Phi) is 4.13. The van der Waals surface area contributed by atoms with Crippen molar-refractivity contribution in [1.82, 2.24) is 0 Å². The number of para-hydroxylation sites is 1. The number of alkyl halides is 1. The van der Waals surface area contributed by atoms with Gasteiger partial charge in [0.05, 0.1) is 18.8 Å². The third-order valence-electron chi connectivity index (χ3n) is 2.58. The van der Waals surface area contributed by atoms with Gasteiger partial charge >= 0.3 is 0 Å².